The predicted octanol–water partition coefficient (Wildman–Crippen LogP) is 5.06. The van der Waals surface area contributed by atoms with Crippen molar-refractivity contribution in [2.75, 3.05) is 5.75 Å². The lowest BCUT2D eigenvalue weighted by Crippen LogP contribution is -1.97. The van der Waals surface area contributed by atoms with Crippen LogP contribution >= 0.6 is 11.8 Å². The Balaban J connectivity index is 1.41. The second-order valence-corrected chi connectivity index (χ2v) is 7.64. The smallest absolute Gasteiger partial charge is 0.313 e. The molecule has 3 heterocycles. The van der Waals surface area contributed by atoms with Gasteiger partial charge in [0.05, 0.1) is 5.75 Å². The number of carboxylic acids is 1. The van der Waals surface area contributed by atoms with E-state index in [1.165, 1.54) is 0 Å². The molecule has 0 radical (unpaired) electrons. The number of aromatic nitrogens is 4. The number of carbonyl (C=O) groups is 1. The van der Waals surface area contributed by atoms with Crippen LogP contribution in [0.2, 0.25) is 0 Å². The Hall–Kier alpha value is -3.78. The Morgan fingerprint density at radius 1 is 0.933 bits per heavy atom. The van der Waals surface area contributed by atoms with E-state index in [1.807, 2.05) is 36.4 Å². The maximum absolute atomic E-state index is 10.7. The van der Waals surface area contributed by atoms with Gasteiger partial charge in [-0.15, -0.1) is 10.2 Å². The molecular weight excluding hydrogens is 400 g/mol. The van der Waals surface area contributed by atoms with Gasteiger partial charge < -0.3 is 19.5 Å². The lowest BCUT2D eigenvalue weighted by Gasteiger charge is -1.98. The maximum Gasteiger partial charge on any atom is 0.313 e. The summed E-state index contributed by atoms with van der Waals surface area (Å²) in [6.07, 6.45) is 0. The van der Waals surface area contributed by atoms with Crippen molar-refractivity contribution < 1.29 is 14.3 Å². The molecule has 0 atom stereocenters. The third kappa shape index (κ3) is 3.60. The SMILES string of the molecule is O=C(O)CSc1nnc(-c2ccc(-c3ccc4cc(-c5ccccc5)[nH]c4c3)o2)[nH]1. The zero-order valence-electron chi connectivity index (χ0n) is 15.6. The van der Waals surface area contributed by atoms with Crippen LogP contribution in [0.3, 0.4) is 0 Å². The van der Waals surface area contributed by atoms with Crippen LogP contribution in [0.4, 0.5) is 0 Å². The summed E-state index contributed by atoms with van der Waals surface area (Å²) in [5.41, 5.74) is 4.17. The van der Waals surface area contributed by atoms with Gasteiger partial charge in [-0.2, -0.15) is 0 Å². The van der Waals surface area contributed by atoms with Crippen molar-refractivity contribution >= 4 is 28.6 Å². The van der Waals surface area contributed by atoms with Crippen LogP contribution in [-0.2, 0) is 4.79 Å². The lowest BCUT2D eigenvalue weighted by atomic mass is 10.1. The number of rotatable bonds is 6. The normalized spacial score (nSPS) is 11.2. The first-order valence-corrected chi connectivity index (χ1v) is 10.2. The third-order valence-electron chi connectivity index (χ3n) is 4.63. The van der Waals surface area contributed by atoms with E-state index in [9.17, 15) is 4.79 Å². The van der Waals surface area contributed by atoms with E-state index in [4.69, 9.17) is 9.52 Å². The van der Waals surface area contributed by atoms with Crippen LogP contribution in [0, 0.1) is 0 Å². The molecule has 3 N–H and O–H groups in total. The second-order valence-electron chi connectivity index (χ2n) is 6.68. The van der Waals surface area contributed by atoms with Crippen LogP contribution < -0.4 is 0 Å². The number of fused-ring (bicyclic) bond motifs is 1. The zero-order valence-corrected chi connectivity index (χ0v) is 16.4. The van der Waals surface area contributed by atoms with Gasteiger partial charge in [0, 0.05) is 22.2 Å². The number of nitrogens with zero attached hydrogens (tertiary/aromatic N) is 2. The standard InChI is InChI=1S/C22H16N4O3S/c27-20(28)12-30-22-24-21(25-26-22)19-9-8-18(29-19)15-7-6-14-10-16(23-17(14)11-15)13-4-2-1-3-5-13/h1-11,23H,12H2,(H,27,28)(H,24,25,26). The largest absolute Gasteiger partial charge is 0.481 e. The molecule has 0 amide bonds. The number of H-pyrrole nitrogens is 2. The minimum atomic E-state index is -0.909. The van der Waals surface area contributed by atoms with Gasteiger partial charge in [-0.1, -0.05) is 54.2 Å². The molecule has 5 aromatic rings. The molecule has 0 aliphatic carbocycles. The summed E-state index contributed by atoms with van der Waals surface area (Å²) >= 11 is 1.07. The first kappa shape index (κ1) is 18.3. The van der Waals surface area contributed by atoms with Gasteiger partial charge in [-0.05, 0) is 29.8 Å². The van der Waals surface area contributed by atoms with Crippen molar-refractivity contribution in [2.45, 2.75) is 5.16 Å². The van der Waals surface area contributed by atoms with Gasteiger partial charge in [-0.25, -0.2) is 0 Å². The highest BCUT2D eigenvalue weighted by atomic mass is 32.2. The number of hydrogen-bond acceptors (Lipinski definition) is 5. The summed E-state index contributed by atoms with van der Waals surface area (Å²) in [7, 11) is 0. The first-order valence-electron chi connectivity index (χ1n) is 9.22. The van der Waals surface area contributed by atoms with E-state index < -0.39 is 5.97 Å². The third-order valence-corrected chi connectivity index (χ3v) is 5.48. The molecule has 0 aliphatic rings. The lowest BCUT2D eigenvalue weighted by molar-refractivity contribution is -0.133. The Morgan fingerprint density at radius 3 is 2.60 bits per heavy atom. The van der Waals surface area contributed by atoms with Crippen molar-refractivity contribution in [1.82, 2.24) is 20.2 Å². The van der Waals surface area contributed by atoms with Crippen LogP contribution in [0.25, 0.3) is 45.1 Å². The molecule has 7 nitrogen and oxygen atoms in total. The molecule has 2 aromatic carbocycles. The minimum Gasteiger partial charge on any atom is -0.481 e. The van der Waals surface area contributed by atoms with Gasteiger partial charge in [0.2, 0.25) is 0 Å². The van der Waals surface area contributed by atoms with Gasteiger partial charge in [0.25, 0.3) is 0 Å². The Morgan fingerprint density at radius 2 is 1.77 bits per heavy atom. The summed E-state index contributed by atoms with van der Waals surface area (Å²) in [5, 5.41) is 18.3. The summed E-state index contributed by atoms with van der Waals surface area (Å²) in [4.78, 5) is 17.1. The molecule has 5 rings (SSSR count). The molecule has 0 saturated carbocycles. The molecule has 0 unspecified atom stereocenters. The van der Waals surface area contributed by atoms with E-state index in [0.29, 0.717) is 22.5 Å². The Bertz CT molecular complexity index is 1340. The molecule has 8 heteroatoms. The topological polar surface area (TPSA) is 108 Å². The molecular formula is C22H16N4O3S. The summed E-state index contributed by atoms with van der Waals surface area (Å²) in [6.45, 7) is 0. The molecule has 0 aliphatic heterocycles. The van der Waals surface area contributed by atoms with E-state index in [2.05, 4.69) is 50.5 Å². The number of aliphatic carboxylic acids is 1. The summed E-state index contributed by atoms with van der Waals surface area (Å²) < 4.78 is 5.96. The number of furan rings is 1. The average Bonchev–Trinajstić information content (AvgIpc) is 3.51. The Kier molecular flexibility index (Phi) is 4.61. The van der Waals surface area contributed by atoms with Crippen LogP contribution in [0.15, 0.2) is 76.3 Å². The van der Waals surface area contributed by atoms with Gasteiger partial charge >= 0.3 is 5.97 Å². The van der Waals surface area contributed by atoms with Crippen molar-refractivity contribution in [3.05, 3.63) is 66.7 Å². The number of benzene rings is 2. The quantitative estimate of drug-likeness (QED) is 0.334. The van der Waals surface area contributed by atoms with Crippen molar-refractivity contribution in [3.8, 4) is 34.2 Å². The highest BCUT2D eigenvalue weighted by Crippen LogP contribution is 2.31. The minimum absolute atomic E-state index is 0.0842. The zero-order chi connectivity index (χ0) is 20.5. The number of carboxylic acid groups (broad SMARTS) is 1. The molecule has 0 spiro atoms. The van der Waals surface area contributed by atoms with Gasteiger partial charge in [0.1, 0.15) is 5.76 Å². The van der Waals surface area contributed by atoms with E-state index >= 15 is 0 Å². The highest BCUT2D eigenvalue weighted by Gasteiger charge is 2.13. The Labute approximate surface area is 175 Å². The highest BCUT2D eigenvalue weighted by molar-refractivity contribution is 7.99. The molecule has 3 aromatic heterocycles. The number of nitrogens with one attached hydrogen (secondary N) is 2. The van der Waals surface area contributed by atoms with Crippen LogP contribution in [0.5, 0.6) is 0 Å². The number of thioether (sulfide) groups is 1. The maximum atomic E-state index is 10.7. The predicted molar refractivity (Wildman–Crippen MR) is 115 cm³/mol. The molecule has 0 fully saturated rings. The van der Waals surface area contributed by atoms with Gasteiger partial charge in [0.15, 0.2) is 16.7 Å². The number of aromatic amines is 2. The van der Waals surface area contributed by atoms with E-state index in [1.54, 1.807) is 0 Å². The summed E-state index contributed by atoms with van der Waals surface area (Å²) in [6, 6.07) is 22.1. The monoisotopic (exact) mass is 416 g/mol. The summed E-state index contributed by atoms with van der Waals surface area (Å²) in [5.74, 6) is 0.712. The van der Waals surface area contributed by atoms with Crippen molar-refractivity contribution in [1.29, 1.82) is 0 Å². The molecule has 148 valence electrons. The fourth-order valence-electron chi connectivity index (χ4n) is 3.23. The fourth-order valence-corrected chi connectivity index (χ4v) is 3.75. The van der Waals surface area contributed by atoms with Crippen LogP contribution in [-0.4, -0.2) is 37.0 Å². The second kappa shape index (κ2) is 7.57. The van der Waals surface area contributed by atoms with Gasteiger partial charge in [-0.3, -0.25) is 4.79 Å². The molecule has 0 saturated heterocycles. The van der Waals surface area contributed by atoms with Crippen LogP contribution in [0.1, 0.15) is 0 Å². The average molecular weight is 416 g/mol. The van der Waals surface area contributed by atoms with E-state index in [-0.39, 0.29) is 5.75 Å². The first-order chi connectivity index (χ1) is 14.7. The molecule has 0 bridgehead atoms. The fraction of sp³-hybridized carbons (Fsp3) is 0.0455. The van der Waals surface area contributed by atoms with Crippen molar-refractivity contribution in [2.24, 2.45) is 0 Å². The number of hydrogen-bond donors (Lipinski definition) is 3. The molecule has 30 heavy (non-hydrogen) atoms. The van der Waals surface area contributed by atoms with E-state index in [0.717, 1.165) is 39.5 Å². The van der Waals surface area contributed by atoms with Crippen molar-refractivity contribution in [3.63, 3.8) is 0 Å².